The summed E-state index contributed by atoms with van der Waals surface area (Å²) < 4.78 is 5.14. The van der Waals surface area contributed by atoms with Gasteiger partial charge >= 0.3 is 0 Å². The highest BCUT2D eigenvalue weighted by Gasteiger charge is 2.20. The first-order valence-corrected chi connectivity index (χ1v) is 10.4. The van der Waals surface area contributed by atoms with Gasteiger partial charge in [-0.15, -0.1) is 0 Å². The van der Waals surface area contributed by atoms with Crippen molar-refractivity contribution in [3.8, 4) is 0 Å². The van der Waals surface area contributed by atoms with Crippen LogP contribution in [0.5, 0.6) is 0 Å². The SMILES string of the molecule is CCCC(=O)N1CCN(c2ccc(NC(=S)NC(=O)C=Cc3ccco3)cc2)CC1. The molecule has 7 nitrogen and oxygen atoms in total. The smallest absolute Gasteiger partial charge is 0.250 e. The highest BCUT2D eigenvalue weighted by molar-refractivity contribution is 7.80. The Balaban J connectivity index is 1.46. The minimum absolute atomic E-state index is 0.222. The molecule has 158 valence electrons. The number of nitrogens with zero attached hydrogens (tertiary/aromatic N) is 2. The first-order chi connectivity index (χ1) is 14.5. The number of piperazine rings is 1. The molecule has 2 amide bonds. The van der Waals surface area contributed by atoms with Crippen molar-refractivity contribution < 1.29 is 14.0 Å². The number of rotatable bonds is 6. The van der Waals surface area contributed by atoms with Crippen LogP contribution in [-0.4, -0.2) is 48.0 Å². The zero-order valence-corrected chi connectivity index (χ0v) is 17.8. The Labute approximate surface area is 181 Å². The number of anilines is 2. The van der Waals surface area contributed by atoms with Crippen molar-refractivity contribution in [1.29, 1.82) is 0 Å². The average molecular weight is 427 g/mol. The molecule has 30 heavy (non-hydrogen) atoms. The summed E-state index contributed by atoms with van der Waals surface area (Å²) in [7, 11) is 0. The van der Waals surface area contributed by atoms with Crippen LogP contribution in [0.25, 0.3) is 6.08 Å². The molecular formula is C22H26N4O3S. The first kappa shape index (κ1) is 21.6. The van der Waals surface area contributed by atoms with Gasteiger partial charge in [-0.25, -0.2) is 0 Å². The highest BCUT2D eigenvalue weighted by Crippen LogP contribution is 2.20. The van der Waals surface area contributed by atoms with Gasteiger partial charge in [0.2, 0.25) is 11.8 Å². The number of carbonyl (C=O) groups excluding carboxylic acids is 2. The minimum atomic E-state index is -0.337. The molecule has 0 aliphatic carbocycles. The maximum Gasteiger partial charge on any atom is 0.250 e. The molecule has 8 heteroatoms. The predicted octanol–water partition coefficient (Wildman–Crippen LogP) is 3.25. The van der Waals surface area contributed by atoms with Crippen LogP contribution in [0, 0.1) is 0 Å². The summed E-state index contributed by atoms with van der Waals surface area (Å²) in [6.07, 6.45) is 5.98. The Morgan fingerprint density at radius 1 is 1.13 bits per heavy atom. The van der Waals surface area contributed by atoms with Gasteiger partial charge in [0.05, 0.1) is 6.26 Å². The van der Waals surface area contributed by atoms with Crippen molar-refractivity contribution in [2.75, 3.05) is 36.4 Å². The maximum absolute atomic E-state index is 12.0. The molecule has 1 aliphatic rings. The van der Waals surface area contributed by atoms with Crippen LogP contribution in [-0.2, 0) is 9.59 Å². The zero-order valence-electron chi connectivity index (χ0n) is 17.0. The summed E-state index contributed by atoms with van der Waals surface area (Å²) in [5, 5.41) is 5.82. The molecule has 1 fully saturated rings. The van der Waals surface area contributed by atoms with Gasteiger partial charge in [-0.3, -0.25) is 14.9 Å². The van der Waals surface area contributed by atoms with E-state index in [1.54, 1.807) is 24.5 Å². The summed E-state index contributed by atoms with van der Waals surface area (Å²) in [5.74, 6) is 0.498. The quantitative estimate of drug-likeness (QED) is 0.545. The topological polar surface area (TPSA) is 77.8 Å². The van der Waals surface area contributed by atoms with Gasteiger partial charge in [0.25, 0.3) is 0 Å². The van der Waals surface area contributed by atoms with E-state index in [9.17, 15) is 9.59 Å². The van der Waals surface area contributed by atoms with Crippen LogP contribution < -0.4 is 15.5 Å². The van der Waals surface area contributed by atoms with E-state index in [2.05, 4.69) is 15.5 Å². The van der Waals surface area contributed by atoms with Gasteiger partial charge in [0, 0.05) is 50.1 Å². The molecule has 1 saturated heterocycles. The van der Waals surface area contributed by atoms with Crippen LogP contribution in [0.4, 0.5) is 11.4 Å². The maximum atomic E-state index is 12.0. The molecule has 2 aromatic rings. The van der Waals surface area contributed by atoms with Gasteiger partial charge in [0.1, 0.15) is 5.76 Å². The fraction of sp³-hybridized carbons (Fsp3) is 0.318. The Bertz CT molecular complexity index is 886. The molecule has 0 spiro atoms. The summed E-state index contributed by atoms with van der Waals surface area (Å²) in [6, 6.07) is 11.4. The van der Waals surface area contributed by atoms with E-state index < -0.39 is 0 Å². The summed E-state index contributed by atoms with van der Waals surface area (Å²) in [6.45, 7) is 5.16. The van der Waals surface area contributed by atoms with E-state index in [1.807, 2.05) is 36.1 Å². The number of benzene rings is 1. The van der Waals surface area contributed by atoms with Crippen molar-refractivity contribution in [2.24, 2.45) is 0 Å². The normalized spacial score (nSPS) is 14.0. The van der Waals surface area contributed by atoms with E-state index in [0.717, 1.165) is 44.0 Å². The van der Waals surface area contributed by atoms with Crippen LogP contribution in [0.2, 0.25) is 0 Å². The molecule has 2 heterocycles. The summed E-state index contributed by atoms with van der Waals surface area (Å²) >= 11 is 5.20. The van der Waals surface area contributed by atoms with Crippen LogP contribution in [0.1, 0.15) is 25.5 Å². The van der Waals surface area contributed by atoms with E-state index >= 15 is 0 Å². The summed E-state index contributed by atoms with van der Waals surface area (Å²) in [5.41, 5.74) is 1.88. The van der Waals surface area contributed by atoms with Gasteiger partial charge < -0.3 is 19.5 Å². The molecule has 0 saturated carbocycles. The van der Waals surface area contributed by atoms with Gasteiger partial charge in [-0.05, 0) is 61.1 Å². The second-order valence-electron chi connectivity index (χ2n) is 6.96. The fourth-order valence-corrected chi connectivity index (χ4v) is 3.42. The first-order valence-electron chi connectivity index (χ1n) is 10.0. The number of hydrogen-bond donors (Lipinski definition) is 2. The van der Waals surface area contributed by atoms with Crippen molar-refractivity contribution in [3.05, 3.63) is 54.5 Å². The monoisotopic (exact) mass is 426 g/mol. The number of furan rings is 1. The number of hydrogen-bond acceptors (Lipinski definition) is 5. The van der Waals surface area contributed by atoms with E-state index in [4.69, 9.17) is 16.6 Å². The van der Waals surface area contributed by atoms with Crippen LogP contribution in [0.15, 0.2) is 53.2 Å². The Kier molecular flexibility index (Phi) is 7.62. The second kappa shape index (κ2) is 10.6. The van der Waals surface area contributed by atoms with Crippen LogP contribution in [0.3, 0.4) is 0 Å². The number of carbonyl (C=O) groups is 2. The van der Waals surface area contributed by atoms with Crippen molar-refractivity contribution in [2.45, 2.75) is 19.8 Å². The molecule has 1 aromatic carbocycles. The molecule has 0 unspecified atom stereocenters. The summed E-state index contributed by atoms with van der Waals surface area (Å²) in [4.78, 5) is 28.1. The molecule has 1 aromatic heterocycles. The second-order valence-corrected chi connectivity index (χ2v) is 7.37. The largest absolute Gasteiger partial charge is 0.465 e. The van der Waals surface area contributed by atoms with Gasteiger partial charge in [0.15, 0.2) is 5.11 Å². The highest BCUT2D eigenvalue weighted by atomic mass is 32.1. The van der Waals surface area contributed by atoms with Gasteiger partial charge in [-0.2, -0.15) is 0 Å². The Hall–Kier alpha value is -3.13. The lowest BCUT2D eigenvalue weighted by molar-refractivity contribution is -0.131. The third-order valence-electron chi connectivity index (χ3n) is 4.77. The lowest BCUT2D eigenvalue weighted by Crippen LogP contribution is -2.48. The Morgan fingerprint density at radius 2 is 1.87 bits per heavy atom. The molecule has 2 N–H and O–H groups in total. The standard InChI is InChI=1S/C22H26N4O3S/c1-2-4-21(28)26-14-12-25(13-15-26)18-8-6-17(7-9-18)23-22(30)24-20(27)11-10-19-5-3-16-29-19/h3,5-11,16H,2,4,12-15H2,1H3,(H2,23,24,27,30). The number of nitrogens with one attached hydrogen (secondary N) is 2. The van der Waals surface area contributed by atoms with Crippen molar-refractivity contribution in [1.82, 2.24) is 10.2 Å². The molecular weight excluding hydrogens is 400 g/mol. The van der Waals surface area contributed by atoms with Gasteiger partial charge in [-0.1, -0.05) is 6.92 Å². The zero-order chi connectivity index (χ0) is 21.3. The lowest BCUT2D eigenvalue weighted by atomic mass is 10.2. The van der Waals surface area contributed by atoms with Crippen molar-refractivity contribution >= 4 is 46.6 Å². The molecule has 3 rings (SSSR count). The fourth-order valence-electron chi connectivity index (χ4n) is 3.20. The average Bonchev–Trinajstić information content (AvgIpc) is 3.27. The Morgan fingerprint density at radius 3 is 2.50 bits per heavy atom. The predicted molar refractivity (Wildman–Crippen MR) is 122 cm³/mol. The number of thiocarbonyl (C=S) groups is 1. The van der Waals surface area contributed by atoms with Crippen molar-refractivity contribution in [3.63, 3.8) is 0 Å². The van der Waals surface area contributed by atoms with E-state index in [1.165, 1.54) is 6.08 Å². The molecule has 0 atom stereocenters. The minimum Gasteiger partial charge on any atom is -0.465 e. The third kappa shape index (κ3) is 6.18. The lowest BCUT2D eigenvalue weighted by Gasteiger charge is -2.36. The van der Waals surface area contributed by atoms with Crippen LogP contribution >= 0.6 is 12.2 Å². The third-order valence-corrected chi connectivity index (χ3v) is 4.97. The molecule has 1 aliphatic heterocycles. The van der Waals surface area contributed by atoms with E-state index in [-0.39, 0.29) is 16.9 Å². The molecule has 0 bridgehead atoms. The van der Waals surface area contributed by atoms with E-state index in [0.29, 0.717) is 12.2 Å². The molecule has 0 radical (unpaired) electrons. The number of amides is 2.